The quantitative estimate of drug-likeness (QED) is 0.346. The molecule has 0 aliphatic carbocycles. The highest BCUT2D eigenvalue weighted by atomic mass is 14.2. The highest BCUT2D eigenvalue weighted by Gasteiger charge is 2.16. The van der Waals surface area contributed by atoms with Crippen LogP contribution in [-0.2, 0) is 5.41 Å². The molecule has 0 saturated heterocycles. The predicted octanol–water partition coefficient (Wildman–Crippen LogP) is 7.99. The Morgan fingerprint density at radius 3 is 1.39 bits per heavy atom. The Morgan fingerprint density at radius 2 is 0.893 bits per heavy atom. The van der Waals surface area contributed by atoms with E-state index in [0.29, 0.717) is 0 Å². The maximum Gasteiger partial charge on any atom is -0.00268 e. The van der Waals surface area contributed by atoms with Gasteiger partial charge < -0.3 is 0 Å². The lowest BCUT2D eigenvalue weighted by molar-refractivity contribution is 0.590. The van der Waals surface area contributed by atoms with E-state index >= 15 is 0 Å². The molecule has 0 radical (unpaired) electrons. The molecule has 0 fully saturated rings. The van der Waals surface area contributed by atoms with E-state index in [1.54, 1.807) is 0 Å². The monoisotopic (exact) mass is 362 g/mol. The molecule has 28 heavy (non-hydrogen) atoms. The van der Waals surface area contributed by atoms with Gasteiger partial charge in [-0.2, -0.15) is 0 Å². The van der Waals surface area contributed by atoms with Crippen LogP contribution in [0, 0.1) is 0 Å². The van der Waals surface area contributed by atoms with E-state index in [9.17, 15) is 0 Å². The van der Waals surface area contributed by atoms with E-state index in [4.69, 9.17) is 0 Å². The molecule has 0 heterocycles. The third-order valence-corrected chi connectivity index (χ3v) is 5.27. The van der Waals surface area contributed by atoms with E-state index < -0.39 is 0 Å². The van der Waals surface area contributed by atoms with Gasteiger partial charge in [0, 0.05) is 0 Å². The summed E-state index contributed by atoms with van der Waals surface area (Å²) in [6.45, 7) is 6.77. The maximum atomic E-state index is 2.26. The number of benzene rings is 4. The standard InChI is InChI=1S/C28H26/c1-28(2,3)24-19-17-22(18-20-24)26-16-10-15-25(21-11-6-4-7-12-21)27(26)23-13-8-5-9-14-23/h4-20H,1-3H3. The average Bonchev–Trinajstić information content (AvgIpc) is 2.74. The topological polar surface area (TPSA) is 0 Å². The van der Waals surface area contributed by atoms with Crippen LogP contribution in [0.2, 0.25) is 0 Å². The summed E-state index contributed by atoms with van der Waals surface area (Å²) in [5, 5.41) is 0. The largest absolute Gasteiger partial charge is 0.0622 e. The summed E-state index contributed by atoms with van der Waals surface area (Å²) in [6.07, 6.45) is 0. The first kappa shape index (κ1) is 18.3. The number of rotatable bonds is 3. The SMILES string of the molecule is CC(C)(C)c1ccc(-c2cccc(-c3ccccc3)c2-c2ccccc2)cc1. The Bertz CT molecular complexity index is 1050. The second-order valence-electron chi connectivity index (χ2n) is 8.29. The number of hydrogen-bond acceptors (Lipinski definition) is 0. The second-order valence-corrected chi connectivity index (χ2v) is 8.29. The van der Waals surface area contributed by atoms with Crippen LogP contribution in [0.25, 0.3) is 33.4 Å². The molecule has 4 aromatic rings. The Kier molecular flexibility index (Phi) is 4.88. The van der Waals surface area contributed by atoms with Crippen molar-refractivity contribution in [1.82, 2.24) is 0 Å². The summed E-state index contributed by atoms with van der Waals surface area (Å²) in [4.78, 5) is 0. The Balaban J connectivity index is 1.93. The van der Waals surface area contributed by atoms with Gasteiger partial charge in [-0.1, -0.05) is 124 Å². The molecule has 4 aromatic carbocycles. The first-order valence-corrected chi connectivity index (χ1v) is 9.89. The van der Waals surface area contributed by atoms with Crippen LogP contribution in [0.5, 0.6) is 0 Å². The van der Waals surface area contributed by atoms with Gasteiger partial charge in [0.05, 0.1) is 0 Å². The van der Waals surface area contributed by atoms with Crippen molar-refractivity contribution >= 4 is 0 Å². The lowest BCUT2D eigenvalue weighted by atomic mass is 9.84. The van der Waals surface area contributed by atoms with E-state index in [1.807, 2.05) is 0 Å². The molecular weight excluding hydrogens is 336 g/mol. The lowest BCUT2D eigenvalue weighted by Gasteiger charge is -2.20. The minimum Gasteiger partial charge on any atom is -0.0622 e. The molecule has 0 amide bonds. The zero-order chi connectivity index (χ0) is 19.6. The summed E-state index contributed by atoms with van der Waals surface area (Å²) in [7, 11) is 0. The maximum absolute atomic E-state index is 2.26. The molecule has 0 N–H and O–H groups in total. The normalized spacial score (nSPS) is 11.4. The fourth-order valence-corrected chi connectivity index (χ4v) is 3.72. The zero-order valence-electron chi connectivity index (χ0n) is 16.8. The van der Waals surface area contributed by atoms with Gasteiger partial charge in [0.1, 0.15) is 0 Å². The van der Waals surface area contributed by atoms with E-state index in [2.05, 4.69) is 124 Å². The molecule has 0 nitrogen and oxygen atoms in total. The third kappa shape index (κ3) is 3.64. The van der Waals surface area contributed by atoms with Gasteiger partial charge in [0.15, 0.2) is 0 Å². The molecule has 0 heteroatoms. The Labute approximate surface area is 168 Å². The highest BCUT2D eigenvalue weighted by Crippen LogP contribution is 2.40. The third-order valence-electron chi connectivity index (χ3n) is 5.27. The van der Waals surface area contributed by atoms with Crippen LogP contribution in [0.4, 0.5) is 0 Å². The molecule has 0 spiro atoms. The molecule has 0 atom stereocenters. The van der Waals surface area contributed by atoms with Crippen LogP contribution in [0.3, 0.4) is 0 Å². The zero-order valence-corrected chi connectivity index (χ0v) is 16.8. The van der Waals surface area contributed by atoms with Crippen molar-refractivity contribution in [3.63, 3.8) is 0 Å². The fraction of sp³-hybridized carbons (Fsp3) is 0.143. The van der Waals surface area contributed by atoms with Gasteiger partial charge in [-0.15, -0.1) is 0 Å². The second kappa shape index (κ2) is 7.48. The van der Waals surface area contributed by atoms with Crippen molar-refractivity contribution in [3.8, 4) is 33.4 Å². The number of hydrogen-bond donors (Lipinski definition) is 0. The van der Waals surface area contributed by atoms with Crippen LogP contribution in [-0.4, -0.2) is 0 Å². The minimum absolute atomic E-state index is 0.159. The molecule has 0 saturated carbocycles. The van der Waals surface area contributed by atoms with Crippen molar-refractivity contribution in [2.45, 2.75) is 26.2 Å². The molecule has 4 rings (SSSR count). The molecule has 0 bridgehead atoms. The van der Waals surface area contributed by atoms with E-state index in [0.717, 1.165) is 0 Å². The van der Waals surface area contributed by atoms with Crippen LogP contribution in [0.15, 0.2) is 103 Å². The van der Waals surface area contributed by atoms with Crippen molar-refractivity contribution in [2.75, 3.05) is 0 Å². The van der Waals surface area contributed by atoms with Gasteiger partial charge in [-0.3, -0.25) is 0 Å². The van der Waals surface area contributed by atoms with Crippen molar-refractivity contribution < 1.29 is 0 Å². The fourth-order valence-electron chi connectivity index (χ4n) is 3.72. The molecule has 0 aliphatic rings. The smallest absolute Gasteiger partial charge is 0.00268 e. The molecule has 0 unspecified atom stereocenters. The Morgan fingerprint density at radius 1 is 0.429 bits per heavy atom. The van der Waals surface area contributed by atoms with Crippen molar-refractivity contribution in [2.24, 2.45) is 0 Å². The van der Waals surface area contributed by atoms with Crippen LogP contribution >= 0.6 is 0 Å². The average molecular weight is 363 g/mol. The van der Waals surface area contributed by atoms with E-state index in [-0.39, 0.29) is 5.41 Å². The van der Waals surface area contributed by atoms with Crippen LogP contribution in [0.1, 0.15) is 26.3 Å². The van der Waals surface area contributed by atoms with Gasteiger partial charge in [-0.05, 0) is 44.4 Å². The van der Waals surface area contributed by atoms with Crippen molar-refractivity contribution in [3.05, 3.63) is 109 Å². The molecular formula is C28H26. The highest BCUT2D eigenvalue weighted by molar-refractivity contribution is 5.94. The molecule has 138 valence electrons. The Hall–Kier alpha value is -3.12. The van der Waals surface area contributed by atoms with E-state index in [1.165, 1.54) is 38.9 Å². The van der Waals surface area contributed by atoms with Gasteiger partial charge in [0.2, 0.25) is 0 Å². The first-order valence-electron chi connectivity index (χ1n) is 9.89. The summed E-state index contributed by atoms with van der Waals surface area (Å²) in [6, 6.07) is 37.1. The van der Waals surface area contributed by atoms with Gasteiger partial charge >= 0.3 is 0 Å². The van der Waals surface area contributed by atoms with Gasteiger partial charge in [-0.25, -0.2) is 0 Å². The summed E-state index contributed by atoms with van der Waals surface area (Å²) < 4.78 is 0. The minimum atomic E-state index is 0.159. The molecule has 0 aromatic heterocycles. The van der Waals surface area contributed by atoms with Gasteiger partial charge in [0.25, 0.3) is 0 Å². The molecule has 0 aliphatic heterocycles. The summed E-state index contributed by atoms with van der Waals surface area (Å²) in [5.74, 6) is 0. The van der Waals surface area contributed by atoms with Crippen LogP contribution < -0.4 is 0 Å². The first-order chi connectivity index (χ1) is 13.5. The summed E-state index contributed by atoms with van der Waals surface area (Å²) >= 11 is 0. The predicted molar refractivity (Wildman–Crippen MR) is 121 cm³/mol. The lowest BCUT2D eigenvalue weighted by Crippen LogP contribution is -2.10. The summed E-state index contributed by atoms with van der Waals surface area (Å²) in [5.41, 5.74) is 9.09. The van der Waals surface area contributed by atoms with Crippen molar-refractivity contribution in [1.29, 1.82) is 0 Å².